The van der Waals surface area contributed by atoms with Crippen LogP contribution in [0.4, 0.5) is 5.69 Å². The van der Waals surface area contributed by atoms with Gasteiger partial charge in [-0.15, -0.1) is 0 Å². The Balaban J connectivity index is 1.56. The van der Waals surface area contributed by atoms with Crippen LogP contribution < -0.4 is 19.5 Å². The molecule has 0 heterocycles. The van der Waals surface area contributed by atoms with Gasteiger partial charge in [-0.1, -0.05) is 24.3 Å². The largest absolute Gasteiger partial charge is 0.504 e. The van der Waals surface area contributed by atoms with Gasteiger partial charge in [0, 0.05) is 17.7 Å². The van der Waals surface area contributed by atoms with Crippen LogP contribution in [0.3, 0.4) is 0 Å². The molecule has 0 radical (unpaired) electrons. The summed E-state index contributed by atoms with van der Waals surface area (Å²) in [5.41, 5.74) is 2.46. The highest BCUT2D eigenvalue weighted by atomic mass is 16.5. The first kappa shape index (κ1) is 21.0. The van der Waals surface area contributed by atoms with Gasteiger partial charge in [0.2, 0.25) is 5.91 Å². The summed E-state index contributed by atoms with van der Waals surface area (Å²) >= 11 is 0. The topological polar surface area (TPSA) is 77.0 Å². The zero-order valence-electron chi connectivity index (χ0n) is 17.1. The molecule has 30 heavy (non-hydrogen) atoms. The molecule has 6 heteroatoms. The van der Waals surface area contributed by atoms with Crippen LogP contribution in [-0.4, -0.2) is 25.2 Å². The van der Waals surface area contributed by atoms with Crippen LogP contribution in [-0.2, 0) is 17.8 Å². The number of hydrogen-bond donors (Lipinski definition) is 2. The van der Waals surface area contributed by atoms with Gasteiger partial charge in [-0.3, -0.25) is 4.79 Å². The lowest BCUT2D eigenvalue weighted by atomic mass is 10.1. The maximum Gasteiger partial charge on any atom is 0.224 e. The minimum atomic E-state index is -0.109. The number of benzene rings is 3. The second-order valence-electron chi connectivity index (χ2n) is 6.68. The number of phenolic OH excluding ortho intramolecular Hbond substituents is 1. The normalized spacial score (nSPS) is 10.3. The number of phenols is 1. The van der Waals surface area contributed by atoms with Crippen LogP contribution in [0.5, 0.6) is 23.0 Å². The molecule has 0 unspecified atom stereocenters. The zero-order valence-corrected chi connectivity index (χ0v) is 17.1. The second kappa shape index (κ2) is 10.2. The third-order valence-corrected chi connectivity index (χ3v) is 4.63. The molecule has 0 atom stereocenters. The molecule has 2 N–H and O–H groups in total. The summed E-state index contributed by atoms with van der Waals surface area (Å²) in [4.78, 5) is 12.4. The third-order valence-electron chi connectivity index (χ3n) is 4.63. The predicted octanol–water partition coefficient (Wildman–Crippen LogP) is 4.56. The number of methoxy groups -OCH3 is 2. The summed E-state index contributed by atoms with van der Waals surface area (Å²) in [6, 6.07) is 20.0. The Morgan fingerprint density at radius 2 is 1.67 bits per heavy atom. The van der Waals surface area contributed by atoms with Crippen molar-refractivity contribution in [2.45, 2.75) is 19.4 Å². The molecule has 6 nitrogen and oxygen atoms in total. The van der Waals surface area contributed by atoms with Crippen LogP contribution in [0.1, 0.15) is 17.5 Å². The Bertz CT molecular complexity index is 985. The number of rotatable bonds is 9. The number of carbonyl (C=O) groups excluding carboxylic acids is 1. The van der Waals surface area contributed by atoms with E-state index in [1.165, 1.54) is 7.11 Å². The molecule has 156 valence electrons. The van der Waals surface area contributed by atoms with Gasteiger partial charge in [0.05, 0.1) is 14.2 Å². The van der Waals surface area contributed by atoms with E-state index < -0.39 is 0 Å². The Labute approximate surface area is 176 Å². The molecule has 0 fully saturated rings. The predicted molar refractivity (Wildman–Crippen MR) is 115 cm³/mol. The van der Waals surface area contributed by atoms with Crippen LogP contribution >= 0.6 is 0 Å². The van der Waals surface area contributed by atoms with Crippen molar-refractivity contribution in [2.75, 3.05) is 19.5 Å². The van der Waals surface area contributed by atoms with Crippen LogP contribution in [0, 0.1) is 0 Å². The van der Waals surface area contributed by atoms with Crippen LogP contribution in [0.25, 0.3) is 0 Å². The highest BCUT2D eigenvalue weighted by Gasteiger charge is 2.09. The highest BCUT2D eigenvalue weighted by molar-refractivity contribution is 5.91. The molecule has 0 aliphatic rings. The van der Waals surface area contributed by atoms with Gasteiger partial charge in [-0.2, -0.15) is 0 Å². The van der Waals surface area contributed by atoms with E-state index in [1.54, 1.807) is 19.2 Å². The number of anilines is 1. The minimum absolute atomic E-state index is 0.0661. The summed E-state index contributed by atoms with van der Waals surface area (Å²) in [7, 11) is 3.12. The number of hydrogen-bond acceptors (Lipinski definition) is 5. The molecule has 0 saturated carbocycles. The lowest BCUT2D eigenvalue weighted by Gasteiger charge is -2.13. The second-order valence-corrected chi connectivity index (χ2v) is 6.68. The fourth-order valence-corrected chi connectivity index (χ4v) is 2.96. The summed E-state index contributed by atoms with van der Waals surface area (Å²) in [5.74, 6) is 1.85. The maximum absolute atomic E-state index is 12.4. The molecule has 0 aliphatic carbocycles. The summed E-state index contributed by atoms with van der Waals surface area (Å²) in [6.07, 6.45) is 0.799. The first-order valence-electron chi connectivity index (χ1n) is 9.59. The highest BCUT2D eigenvalue weighted by Crippen LogP contribution is 2.27. The molecule has 1 amide bonds. The molecular weight excluding hydrogens is 382 g/mol. The molecular formula is C24H25NO5. The van der Waals surface area contributed by atoms with E-state index in [9.17, 15) is 9.90 Å². The average Bonchev–Trinajstić information content (AvgIpc) is 2.77. The average molecular weight is 407 g/mol. The smallest absolute Gasteiger partial charge is 0.224 e. The quantitative estimate of drug-likeness (QED) is 0.544. The van der Waals surface area contributed by atoms with Crippen molar-refractivity contribution in [1.29, 1.82) is 0 Å². The molecule has 0 bridgehead atoms. The third kappa shape index (κ3) is 5.67. The SMILES string of the molecule is COc1ccc(OCc2ccccc2NC(=O)CCc2ccc(OC)c(O)c2)cc1. The van der Waals surface area contributed by atoms with E-state index in [2.05, 4.69) is 5.32 Å². The lowest BCUT2D eigenvalue weighted by molar-refractivity contribution is -0.116. The fraction of sp³-hybridized carbons (Fsp3) is 0.208. The van der Waals surface area contributed by atoms with E-state index >= 15 is 0 Å². The van der Waals surface area contributed by atoms with Crippen molar-refractivity contribution < 1.29 is 24.1 Å². The Morgan fingerprint density at radius 1 is 0.933 bits per heavy atom. The van der Waals surface area contributed by atoms with E-state index in [1.807, 2.05) is 54.6 Å². The van der Waals surface area contributed by atoms with E-state index in [0.717, 1.165) is 22.6 Å². The first-order chi connectivity index (χ1) is 14.6. The Hall–Kier alpha value is -3.67. The summed E-state index contributed by atoms with van der Waals surface area (Å²) in [5, 5.41) is 12.8. The minimum Gasteiger partial charge on any atom is -0.504 e. The van der Waals surface area contributed by atoms with Crippen molar-refractivity contribution in [1.82, 2.24) is 0 Å². The Kier molecular flexibility index (Phi) is 7.16. The van der Waals surface area contributed by atoms with Gasteiger partial charge in [-0.25, -0.2) is 0 Å². The van der Waals surface area contributed by atoms with E-state index in [0.29, 0.717) is 30.9 Å². The van der Waals surface area contributed by atoms with Crippen molar-refractivity contribution in [2.24, 2.45) is 0 Å². The van der Waals surface area contributed by atoms with Gasteiger partial charge in [0.15, 0.2) is 11.5 Å². The molecule has 3 rings (SSSR count). The van der Waals surface area contributed by atoms with Gasteiger partial charge >= 0.3 is 0 Å². The molecule has 3 aromatic carbocycles. The van der Waals surface area contributed by atoms with Crippen LogP contribution in [0.2, 0.25) is 0 Å². The monoisotopic (exact) mass is 407 g/mol. The molecule has 0 saturated heterocycles. The number of nitrogens with one attached hydrogen (secondary N) is 1. The number of para-hydroxylation sites is 1. The van der Waals surface area contributed by atoms with Crippen molar-refractivity contribution in [3.8, 4) is 23.0 Å². The van der Waals surface area contributed by atoms with Gasteiger partial charge in [0.1, 0.15) is 18.1 Å². The van der Waals surface area contributed by atoms with Gasteiger partial charge < -0.3 is 24.6 Å². The van der Waals surface area contributed by atoms with Crippen molar-refractivity contribution >= 4 is 11.6 Å². The van der Waals surface area contributed by atoms with Gasteiger partial charge in [0.25, 0.3) is 0 Å². The lowest BCUT2D eigenvalue weighted by Crippen LogP contribution is -2.14. The van der Waals surface area contributed by atoms with Crippen molar-refractivity contribution in [3.05, 3.63) is 77.9 Å². The molecule has 0 aromatic heterocycles. The number of aromatic hydroxyl groups is 1. The summed E-state index contributed by atoms with van der Waals surface area (Å²) in [6.45, 7) is 0.329. The molecule has 3 aromatic rings. The number of carbonyl (C=O) groups is 1. The van der Waals surface area contributed by atoms with Crippen LogP contribution in [0.15, 0.2) is 66.7 Å². The van der Waals surface area contributed by atoms with Crippen molar-refractivity contribution in [3.63, 3.8) is 0 Å². The van der Waals surface area contributed by atoms with E-state index in [4.69, 9.17) is 14.2 Å². The molecule has 0 spiro atoms. The zero-order chi connectivity index (χ0) is 21.3. The Morgan fingerprint density at radius 3 is 2.37 bits per heavy atom. The maximum atomic E-state index is 12.4. The fourth-order valence-electron chi connectivity index (χ4n) is 2.96. The first-order valence-corrected chi connectivity index (χ1v) is 9.59. The number of aryl methyl sites for hydroxylation is 1. The summed E-state index contributed by atoms with van der Waals surface area (Å²) < 4.78 is 16.0. The van der Waals surface area contributed by atoms with E-state index in [-0.39, 0.29) is 11.7 Å². The molecule has 0 aliphatic heterocycles. The number of ether oxygens (including phenoxy) is 3. The number of amides is 1. The standard InChI is InChI=1S/C24H25NO5/c1-28-19-9-11-20(12-10-19)30-16-18-5-3-4-6-21(18)25-24(27)14-8-17-7-13-23(29-2)22(26)15-17/h3-7,9-13,15,26H,8,14,16H2,1-2H3,(H,25,27). The van der Waals surface area contributed by atoms with Gasteiger partial charge in [-0.05, 0) is 54.4 Å².